The quantitative estimate of drug-likeness (QED) is 0.444. The second-order valence-corrected chi connectivity index (χ2v) is 7.76. The molecule has 4 rings (SSSR count). The number of benzene rings is 2. The first-order valence-electron chi connectivity index (χ1n) is 10.7. The van der Waals surface area contributed by atoms with Crippen LogP contribution in [0.2, 0.25) is 0 Å². The van der Waals surface area contributed by atoms with Crippen LogP contribution in [0.4, 0.5) is 0 Å². The van der Waals surface area contributed by atoms with E-state index in [0.29, 0.717) is 37.7 Å². The molecule has 8 heteroatoms. The molecule has 3 aromatic rings. The van der Waals surface area contributed by atoms with Crippen molar-refractivity contribution >= 4 is 0 Å². The van der Waals surface area contributed by atoms with Crippen LogP contribution in [0, 0.1) is 0 Å². The maximum atomic E-state index is 10.7. The predicted molar refractivity (Wildman–Crippen MR) is 121 cm³/mol. The van der Waals surface area contributed by atoms with E-state index in [-0.39, 0.29) is 13.4 Å². The Morgan fingerprint density at radius 3 is 2.67 bits per heavy atom. The molecule has 2 heterocycles. The minimum Gasteiger partial charge on any atom is -0.493 e. The topological polar surface area (TPSA) is 82.8 Å². The smallest absolute Gasteiger partial charge is 0.231 e. The average Bonchev–Trinajstić information content (AvgIpc) is 3.50. The van der Waals surface area contributed by atoms with Crippen molar-refractivity contribution in [2.45, 2.75) is 25.8 Å². The number of ether oxygens (including phenoxy) is 5. The van der Waals surface area contributed by atoms with Gasteiger partial charge in [-0.1, -0.05) is 18.2 Å². The second-order valence-electron chi connectivity index (χ2n) is 7.76. The van der Waals surface area contributed by atoms with Gasteiger partial charge in [0.25, 0.3) is 0 Å². The van der Waals surface area contributed by atoms with Gasteiger partial charge in [-0.3, -0.25) is 4.90 Å². The van der Waals surface area contributed by atoms with E-state index in [0.717, 1.165) is 28.4 Å². The minimum absolute atomic E-state index is 0.188. The maximum absolute atomic E-state index is 10.7. The first-order valence-corrected chi connectivity index (χ1v) is 10.7. The van der Waals surface area contributed by atoms with Crippen LogP contribution in [0.3, 0.4) is 0 Å². The Kier molecular flexibility index (Phi) is 7.72. The summed E-state index contributed by atoms with van der Waals surface area (Å²) in [6, 6.07) is 15.3. The number of hydrogen-bond acceptors (Lipinski definition) is 8. The Balaban J connectivity index is 1.46. The van der Waals surface area contributed by atoms with E-state index >= 15 is 0 Å². The highest BCUT2D eigenvalue weighted by molar-refractivity contribution is 5.47. The van der Waals surface area contributed by atoms with Crippen molar-refractivity contribution in [1.29, 1.82) is 0 Å². The molecule has 2 aromatic carbocycles. The summed E-state index contributed by atoms with van der Waals surface area (Å²) in [4.78, 5) is 2.13. The number of rotatable bonds is 12. The number of hydrogen-bond donors (Lipinski definition) is 1. The summed E-state index contributed by atoms with van der Waals surface area (Å²) in [5, 5.41) is 10.7. The summed E-state index contributed by atoms with van der Waals surface area (Å²) >= 11 is 0. The van der Waals surface area contributed by atoms with Crippen LogP contribution >= 0.6 is 0 Å². The molecule has 0 amide bonds. The van der Waals surface area contributed by atoms with Crippen molar-refractivity contribution in [3.63, 3.8) is 0 Å². The van der Waals surface area contributed by atoms with Crippen LogP contribution in [-0.4, -0.2) is 50.3 Å². The van der Waals surface area contributed by atoms with Crippen LogP contribution in [0.5, 0.6) is 23.0 Å². The Labute approximate surface area is 193 Å². The lowest BCUT2D eigenvalue weighted by atomic mass is 10.1. The van der Waals surface area contributed by atoms with Crippen LogP contribution in [-0.2, 0) is 24.4 Å². The lowest BCUT2D eigenvalue weighted by molar-refractivity contribution is 0.00242. The minimum atomic E-state index is -0.689. The van der Waals surface area contributed by atoms with Crippen molar-refractivity contribution < 1.29 is 33.2 Å². The van der Waals surface area contributed by atoms with Crippen molar-refractivity contribution in [2.75, 3.05) is 34.2 Å². The highest BCUT2D eigenvalue weighted by atomic mass is 16.7. The second kappa shape index (κ2) is 11.1. The number of aliphatic hydroxyl groups is 1. The van der Waals surface area contributed by atoms with Gasteiger partial charge in [-0.05, 0) is 35.9 Å². The first-order chi connectivity index (χ1) is 16.2. The van der Waals surface area contributed by atoms with Gasteiger partial charge in [0, 0.05) is 25.2 Å². The molecule has 0 aliphatic carbocycles. The van der Waals surface area contributed by atoms with Gasteiger partial charge in [0.05, 0.1) is 33.2 Å². The molecule has 33 heavy (non-hydrogen) atoms. The van der Waals surface area contributed by atoms with E-state index in [1.54, 1.807) is 20.5 Å². The molecule has 8 nitrogen and oxygen atoms in total. The maximum Gasteiger partial charge on any atom is 0.231 e. The molecule has 0 fully saturated rings. The third-order valence-corrected chi connectivity index (χ3v) is 5.33. The predicted octanol–water partition coefficient (Wildman–Crippen LogP) is 3.61. The Morgan fingerprint density at radius 1 is 1.00 bits per heavy atom. The average molecular weight is 456 g/mol. The fourth-order valence-corrected chi connectivity index (χ4v) is 3.84. The van der Waals surface area contributed by atoms with E-state index in [2.05, 4.69) is 4.90 Å². The van der Waals surface area contributed by atoms with Crippen molar-refractivity contribution in [3.8, 4) is 23.0 Å². The monoisotopic (exact) mass is 455 g/mol. The number of nitrogens with zero attached hydrogens (tertiary/aromatic N) is 1. The Bertz CT molecular complexity index is 1020. The van der Waals surface area contributed by atoms with E-state index in [1.807, 2.05) is 48.5 Å². The fraction of sp³-hybridized carbons (Fsp3) is 0.360. The molecule has 1 aromatic heterocycles. The zero-order chi connectivity index (χ0) is 23.0. The molecular weight excluding hydrogens is 426 g/mol. The molecule has 1 N–H and O–H groups in total. The SMILES string of the molecule is COc1cccc(CN(Cc2ccc3c(c2)OCO3)C[C@@H](O)COCc2ccco2)c1OC. The molecule has 1 aliphatic heterocycles. The van der Waals surface area contributed by atoms with E-state index < -0.39 is 6.10 Å². The number of aliphatic hydroxyl groups excluding tert-OH is 1. The lowest BCUT2D eigenvalue weighted by Crippen LogP contribution is -2.34. The van der Waals surface area contributed by atoms with Gasteiger partial charge in [0.1, 0.15) is 12.4 Å². The van der Waals surface area contributed by atoms with Gasteiger partial charge in [-0.15, -0.1) is 0 Å². The summed E-state index contributed by atoms with van der Waals surface area (Å²) < 4.78 is 32.9. The third kappa shape index (κ3) is 5.98. The Morgan fingerprint density at radius 2 is 1.88 bits per heavy atom. The summed E-state index contributed by atoms with van der Waals surface area (Å²) in [7, 11) is 3.24. The van der Waals surface area contributed by atoms with Crippen molar-refractivity contribution in [3.05, 3.63) is 71.7 Å². The highest BCUT2D eigenvalue weighted by Crippen LogP contribution is 2.34. The van der Waals surface area contributed by atoms with Gasteiger partial charge in [-0.2, -0.15) is 0 Å². The number of para-hydroxylation sites is 1. The van der Waals surface area contributed by atoms with E-state index in [1.165, 1.54) is 0 Å². The lowest BCUT2D eigenvalue weighted by Gasteiger charge is -2.26. The Hall–Kier alpha value is -3.20. The van der Waals surface area contributed by atoms with Crippen LogP contribution in [0.1, 0.15) is 16.9 Å². The van der Waals surface area contributed by atoms with Crippen LogP contribution < -0.4 is 18.9 Å². The zero-order valence-corrected chi connectivity index (χ0v) is 18.9. The molecule has 0 saturated heterocycles. The zero-order valence-electron chi connectivity index (χ0n) is 18.9. The molecular formula is C25H29NO7. The molecule has 0 bridgehead atoms. The molecule has 1 atom stereocenters. The van der Waals surface area contributed by atoms with E-state index in [9.17, 15) is 5.11 Å². The molecule has 0 radical (unpaired) electrons. The fourth-order valence-electron chi connectivity index (χ4n) is 3.84. The first kappa shape index (κ1) is 23.0. The van der Waals surface area contributed by atoms with Gasteiger partial charge in [0.15, 0.2) is 23.0 Å². The molecule has 1 aliphatic rings. The van der Waals surface area contributed by atoms with Crippen molar-refractivity contribution in [1.82, 2.24) is 4.90 Å². The summed E-state index contributed by atoms with van der Waals surface area (Å²) in [5.41, 5.74) is 2.01. The van der Waals surface area contributed by atoms with Gasteiger partial charge >= 0.3 is 0 Å². The molecule has 176 valence electrons. The summed E-state index contributed by atoms with van der Waals surface area (Å²) in [5.74, 6) is 3.54. The molecule has 0 unspecified atom stereocenters. The number of fused-ring (bicyclic) bond motifs is 1. The standard InChI is InChI=1S/C25H29NO7/c1-28-23-7-3-5-19(25(23)29-2)13-26(12-18-8-9-22-24(11-18)33-17-32-22)14-20(27)15-30-16-21-6-4-10-31-21/h3-11,20,27H,12-17H2,1-2H3/t20-/m1/s1. The van der Waals surface area contributed by atoms with Crippen LogP contribution in [0.15, 0.2) is 59.2 Å². The third-order valence-electron chi connectivity index (χ3n) is 5.33. The normalized spacial score (nSPS) is 13.3. The molecule has 0 saturated carbocycles. The largest absolute Gasteiger partial charge is 0.493 e. The van der Waals surface area contributed by atoms with Crippen molar-refractivity contribution in [2.24, 2.45) is 0 Å². The number of furan rings is 1. The number of methoxy groups -OCH3 is 2. The van der Waals surface area contributed by atoms with Gasteiger partial charge in [0.2, 0.25) is 6.79 Å². The summed E-state index contributed by atoms with van der Waals surface area (Å²) in [6.45, 7) is 2.27. The van der Waals surface area contributed by atoms with Gasteiger partial charge in [-0.25, -0.2) is 0 Å². The van der Waals surface area contributed by atoms with E-state index in [4.69, 9.17) is 28.1 Å². The van der Waals surface area contributed by atoms with Crippen LogP contribution in [0.25, 0.3) is 0 Å². The summed E-state index contributed by atoms with van der Waals surface area (Å²) in [6.07, 6.45) is 0.912. The highest BCUT2D eigenvalue weighted by Gasteiger charge is 2.19. The molecule has 0 spiro atoms. The van der Waals surface area contributed by atoms with Gasteiger partial charge < -0.3 is 33.2 Å².